The Bertz CT molecular complexity index is 635. The minimum atomic E-state index is -0.576. The first-order valence-corrected chi connectivity index (χ1v) is 7.45. The van der Waals surface area contributed by atoms with Crippen molar-refractivity contribution in [3.63, 3.8) is 0 Å². The van der Waals surface area contributed by atoms with Gasteiger partial charge < -0.3 is 9.84 Å². The molecule has 0 amide bonds. The molecule has 1 heterocycles. The number of hydrogen-bond acceptors (Lipinski definition) is 3. The molecule has 1 aromatic carbocycles. The quantitative estimate of drug-likeness (QED) is 0.913. The van der Waals surface area contributed by atoms with E-state index in [9.17, 15) is 5.11 Å². The molecular weight excluding hydrogens is 288 g/mol. The molecule has 1 N–H and O–H groups in total. The molecular formula is C16H21ClN2O2. The molecule has 1 aromatic heterocycles. The highest BCUT2D eigenvalue weighted by atomic mass is 35.5. The highest BCUT2D eigenvalue weighted by molar-refractivity contribution is 6.31. The van der Waals surface area contributed by atoms with Crippen LogP contribution in [0.25, 0.3) is 0 Å². The number of halogens is 1. The summed E-state index contributed by atoms with van der Waals surface area (Å²) in [5, 5.41) is 14.9. The van der Waals surface area contributed by atoms with Gasteiger partial charge in [-0.15, -0.1) is 0 Å². The van der Waals surface area contributed by atoms with Crippen molar-refractivity contribution in [1.29, 1.82) is 0 Å². The van der Waals surface area contributed by atoms with Crippen LogP contribution in [0.2, 0.25) is 5.02 Å². The van der Waals surface area contributed by atoms with Crippen LogP contribution in [0.15, 0.2) is 18.2 Å². The maximum absolute atomic E-state index is 9.86. The number of rotatable bonds is 5. The largest absolute Gasteiger partial charge is 0.487 e. The summed E-state index contributed by atoms with van der Waals surface area (Å²) in [6.45, 7) is 8.68. The zero-order chi connectivity index (χ0) is 15.6. The maximum atomic E-state index is 9.86. The molecule has 4 nitrogen and oxygen atoms in total. The van der Waals surface area contributed by atoms with Crippen molar-refractivity contribution in [2.24, 2.45) is 0 Å². The number of nitrogens with zero attached hydrogens (tertiary/aromatic N) is 2. The first-order valence-electron chi connectivity index (χ1n) is 7.07. The van der Waals surface area contributed by atoms with E-state index < -0.39 is 6.10 Å². The number of hydrogen-bond donors (Lipinski definition) is 1. The normalized spacial score (nSPS) is 12.5. The first-order chi connectivity index (χ1) is 9.93. The number of benzene rings is 1. The number of aliphatic hydroxyl groups is 1. The molecule has 0 spiro atoms. The minimum absolute atomic E-state index is 0.330. The van der Waals surface area contributed by atoms with Crippen LogP contribution in [-0.2, 0) is 13.2 Å². The van der Waals surface area contributed by atoms with Crippen LogP contribution >= 0.6 is 11.6 Å². The lowest BCUT2D eigenvalue weighted by Gasteiger charge is -2.15. The van der Waals surface area contributed by atoms with Gasteiger partial charge in [-0.1, -0.05) is 23.2 Å². The van der Waals surface area contributed by atoms with E-state index in [1.54, 1.807) is 6.92 Å². The van der Waals surface area contributed by atoms with Crippen LogP contribution in [0.1, 0.15) is 42.5 Å². The highest BCUT2D eigenvalue weighted by Gasteiger charge is 2.15. The van der Waals surface area contributed by atoms with Gasteiger partial charge in [0.25, 0.3) is 0 Å². The Morgan fingerprint density at radius 2 is 2.10 bits per heavy atom. The van der Waals surface area contributed by atoms with Crippen LogP contribution < -0.4 is 4.74 Å². The smallest absolute Gasteiger partial charge is 0.131 e. The average molecular weight is 309 g/mol. The van der Waals surface area contributed by atoms with Gasteiger partial charge in [0, 0.05) is 12.1 Å². The Morgan fingerprint density at radius 3 is 2.71 bits per heavy atom. The fourth-order valence-electron chi connectivity index (χ4n) is 2.28. The van der Waals surface area contributed by atoms with Gasteiger partial charge in [-0.25, -0.2) is 0 Å². The van der Waals surface area contributed by atoms with E-state index >= 15 is 0 Å². The molecule has 0 bridgehead atoms. The SMILES string of the molecule is CCn1nc(C)c(Cl)c1COc1ccc(C)cc1C(C)O. The summed E-state index contributed by atoms with van der Waals surface area (Å²) in [6, 6.07) is 5.78. The number of aliphatic hydroxyl groups excluding tert-OH is 1. The third-order valence-electron chi connectivity index (χ3n) is 3.43. The van der Waals surface area contributed by atoms with Gasteiger partial charge in [0.1, 0.15) is 12.4 Å². The molecule has 2 aromatic rings. The molecule has 0 saturated heterocycles. The summed E-state index contributed by atoms with van der Waals surface area (Å²) in [5.41, 5.74) is 3.53. The summed E-state index contributed by atoms with van der Waals surface area (Å²) >= 11 is 6.27. The number of aryl methyl sites for hydroxylation is 3. The van der Waals surface area contributed by atoms with Crippen molar-refractivity contribution in [3.8, 4) is 5.75 Å². The van der Waals surface area contributed by atoms with Crippen molar-refractivity contribution in [3.05, 3.63) is 45.7 Å². The molecule has 114 valence electrons. The van der Waals surface area contributed by atoms with Crippen molar-refractivity contribution in [1.82, 2.24) is 9.78 Å². The van der Waals surface area contributed by atoms with Gasteiger partial charge in [-0.05, 0) is 39.8 Å². The molecule has 1 atom stereocenters. The van der Waals surface area contributed by atoms with E-state index in [0.29, 0.717) is 17.4 Å². The first kappa shape index (κ1) is 15.9. The molecule has 0 aliphatic carbocycles. The Kier molecular flexibility index (Phi) is 4.91. The van der Waals surface area contributed by atoms with Gasteiger partial charge in [-0.3, -0.25) is 4.68 Å². The summed E-state index contributed by atoms with van der Waals surface area (Å²) < 4.78 is 7.71. The van der Waals surface area contributed by atoms with Crippen LogP contribution in [0.5, 0.6) is 5.75 Å². The van der Waals surface area contributed by atoms with Crippen molar-refractivity contribution in [2.45, 2.75) is 47.0 Å². The van der Waals surface area contributed by atoms with Gasteiger partial charge in [0.05, 0.1) is 22.5 Å². The molecule has 0 saturated carbocycles. The van der Waals surface area contributed by atoms with E-state index in [1.165, 1.54) is 0 Å². The van der Waals surface area contributed by atoms with Crippen molar-refractivity contribution in [2.75, 3.05) is 0 Å². The van der Waals surface area contributed by atoms with Crippen molar-refractivity contribution >= 4 is 11.6 Å². The Hall–Kier alpha value is -1.52. The standard InChI is InChI=1S/C16H21ClN2O2/c1-5-19-14(16(17)11(3)18-19)9-21-15-7-6-10(2)8-13(15)12(4)20/h6-8,12,20H,5,9H2,1-4H3. The second-order valence-electron chi connectivity index (χ2n) is 5.17. The van der Waals surface area contributed by atoms with Crippen LogP contribution in [0.3, 0.4) is 0 Å². The molecule has 0 radical (unpaired) electrons. The van der Waals surface area contributed by atoms with Crippen LogP contribution in [-0.4, -0.2) is 14.9 Å². The lowest BCUT2D eigenvalue weighted by atomic mass is 10.1. The molecule has 21 heavy (non-hydrogen) atoms. The molecule has 1 unspecified atom stereocenters. The summed E-state index contributed by atoms with van der Waals surface area (Å²) in [7, 11) is 0. The number of ether oxygens (including phenoxy) is 1. The van der Waals surface area contributed by atoms with E-state index in [1.807, 2.05) is 43.7 Å². The van der Waals surface area contributed by atoms with Gasteiger partial charge in [0.15, 0.2) is 0 Å². The summed E-state index contributed by atoms with van der Waals surface area (Å²) in [4.78, 5) is 0. The zero-order valence-electron chi connectivity index (χ0n) is 12.9. The maximum Gasteiger partial charge on any atom is 0.131 e. The molecule has 2 rings (SSSR count). The predicted octanol–water partition coefficient (Wildman–Crippen LogP) is 3.81. The third kappa shape index (κ3) is 3.39. The predicted molar refractivity (Wildman–Crippen MR) is 83.8 cm³/mol. The van der Waals surface area contributed by atoms with Gasteiger partial charge in [-0.2, -0.15) is 5.10 Å². The lowest BCUT2D eigenvalue weighted by Crippen LogP contribution is -2.08. The Balaban J connectivity index is 2.25. The van der Waals surface area contributed by atoms with E-state index in [-0.39, 0.29) is 0 Å². The number of aromatic nitrogens is 2. The molecule has 5 heteroatoms. The molecule has 0 aliphatic heterocycles. The molecule has 0 aliphatic rings. The average Bonchev–Trinajstić information content (AvgIpc) is 2.72. The summed E-state index contributed by atoms with van der Waals surface area (Å²) in [5.74, 6) is 0.674. The Morgan fingerprint density at radius 1 is 1.38 bits per heavy atom. The second-order valence-corrected chi connectivity index (χ2v) is 5.55. The van der Waals surface area contributed by atoms with Gasteiger partial charge >= 0.3 is 0 Å². The third-order valence-corrected chi connectivity index (χ3v) is 3.92. The monoisotopic (exact) mass is 308 g/mol. The van der Waals surface area contributed by atoms with Crippen LogP contribution in [0, 0.1) is 13.8 Å². The summed E-state index contributed by atoms with van der Waals surface area (Å²) in [6.07, 6.45) is -0.576. The van der Waals surface area contributed by atoms with Crippen molar-refractivity contribution < 1.29 is 9.84 Å². The zero-order valence-corrected chi connectivity index (χ0v) is 13.6. The fraction of sp³-hybridized carbons (Fsp3) is 0.438. The fourth-order valence-corrected chi connectivity index (χ4v) is 2.47. The topological polar surface area (TPSA) is 47.3 Å². The van der Waals surface area contributed by atoms with E-state index in [2.05, 4.69) is 5.10 Å². The van der Waals surface area contributed by atoms with Gasteiger partial charge in [0.2, 0.25) is 0 Å². The molecule has 0 fully saturated rings. The second kappa shape index (κ2) is 6.50. The van der Waals surface area contributed by atoms with Crippen LogP contribution in [0.4, 0.5) is 0 Å². The van der Waals surface area contributed by atoms with E-state index in [4.69, 9.17) is 16.3 Å². The Labute approximate surface area is 130 Å². The lowest BCUT2D eigenvalue weighted by molar-refractivity contribution is 0.189. The highest BCUT2D eigenvalue weighted by Crippen LogP contribution is 2.28. The minimum Gasteiger partial charge on any atom is -0.487 e. The van der Waals surface area contributed by atoms with E-state index in [0.717, 1.165) is 29.1 Å².